The van der Waals surface area contributed by atoms with E-state index < -0.39 is 0 Å². The summed E-state index contributed by atoms with van der Waals surface area (Å²) in [4.78, 5) is 17.1. The molecule has 0 saturated carbocycles. The molecule has 2 aliphatic heterocycles. The zero-order valence-electron chi connectivity index (χ0n) is 12.9. The summed E-state index contributed by atoms with van der Waals surface area (Å²) in [5, 5.41) is 0. The Morgan fingerprint density at radius 3 is 2.80 bits per heavy atom. The molecule has 3 nitrogen and oxygen atoms in total. The molecule has 1 amide bonds. The third kappa shape index (κ3) is 2.05. The fourth-order valence-corrected chi connectivity index (χ4v) is 3.65. The van der Waals surface area contributed by atoms with Crippen LogP contribution in [0.1, 0.15) is 37.3 Å². The third-order valence-electron chi connectivity index (χ3n) is 4.68. The topological polar surface area (TPSA) is 23.6 Å². The van der Waals surface area contributed by atoms with Gasteiger partial charge in [-0.2, -0.15) is 0 Å². The Kier molecular flexibility index (Phi) is 3.33. The van der Waals surface area contributed by atoms with Crippen LogP contribution < -0.4 is 4.90 Å². The second-order valence-electron chi connectivity index (χ2n) is 6.65. The number of piperidine rings is 1. The molecule has 3 rings (SSSR count). The van der Waals surface area contributed by atoms with Crippen LogP contribution in [0.25, 0.3) is 0 Å². The van der Waals surface area contributed by atoms with Crippen molar-refractivity contribution in [3.8, 4) is 0 Å². The number of likely N-dealkylation sites (N-methyl/N-ethyl adjacent to an activating group) is 1. The van der Waals surface area contributed by atoms with Crippen molar-refractivity contribution >= 4 is 11.6 Å². The molecule has 0 N–H and O–H groups in total. The van der Waals surface area contributed by atoms with Crippen molar-refractivity contribution in [1.82, 2.24) is 4.90 Å². The maximum atomic E-state index is 12.6. The molecule has 1 fully saturated rings. The lowest BCUT2D eigenvalue weighted by atomic mass is 9.88. The average molecular weight is 272 g/mol. The van der Waals surface area contributed by atoms with E-state index in [2.05, 4.69) is 42.0 Å². The van der Waals surface area contributed by atoms with E-state index in [-0.39, 0.29) is 11.8 Å². The summed E-state index contributed by atoms with van der Waals surface area (Å²) in [6.07, 6.45) is 1.08. The number of carbonyl (C=O) groups excluding carboxylic acids is 1. The lowest BCUT2D eigenvalue weighted by Crippen LogP contribution is -2.48. The maximum absolute atomic E-state index is 12.6. The number of hydrogen-bond acceptors (Lipinski definition) is 2. The van der Waals surface area contributed by atoms with Gasteiger partial charge >= 0.3 is 0 Å². The van der Waals surface area contributed by atoms with E-state index in [0.717, 1.165) is 25.2 Å². The molecule has 108 valence electrons. The number of anilines is 1. The first-order chi connectivity index (χ1) is 9.49. The molecule has 0 aromatic heterocycles. The summed E-state index contributed by atoms with van der Waals surface area (Å²) < 4.78 is 0. The number of benzene rings is 1. The van der Waals surface area contributed by atoms with E-state index in [9.17, 15) is 4.79 Å². The first-order valence-corrected chi connectivity index (χ1v) is 7.61. The minimum atomic E-state index is 0.0579. The first kappa shape index (κ1) is 13.6. The van der Waals surface area contributed by atoms with Gasteiger partial charge in [-0.05, 0) is 38.6 Å². The van der Waals surface area contributed by atoms with Gasteiger partial charge in [0.25, 0.3) is 0 Å². The number of nitrogens with zero attached hydrogens (tertiary/aromatic N) is 2. The van der Waals surface area contributed by atoms with Crippen molar-refractivity contribution < 1.29 is 4.79 Å². The Hall–Kier alpha value is -1.35. The van der Waals surface area contributed by atoms with Crippen molar-refractivity contribution in [2.45, 2.75) is 39.2 Å². The molecule has 0 unspecified atom stereocenters. The summed E-state index contributed by atoms with van der Waals surface area (Å²) in [5.74, 6) is 0.807. The predicted octanol–water partition coefficient (Wildman–Crippen LogP) is 2.79. The van der Waals surface area contributed by atoms with Crippen molar-refractivity contribution in [1.29, 1.82) is 0 Å². The zero-order valence-corrected chi connectivity index (χ0v) is 12.9. The van der Waals surface area contributed by atoms with Gasteiger partial charge in [-0.3, -0.25) is 4.79 Å². The molecule has 0 bridgehead atoms. The number of rotatable bonds is 1. The standard InChI is InChI=1S/C17H24N2O/c1-11(2)17(20)19-15-6-5-12(3)9-13(15)14-10-18(4)8-7-16(14)19/h5-6,9,11,14,16H,7-8,10H2,1-4H3/t14-,16+/m1/s1. The van der Waals surface area contributed by atoms with Gasteiger partial charge in [-0.25, -0.2) is 0 Å². The molecular formula is C17H24N2O. The van der Waals surface area contributed by atoms with Crippen LogP contribution in [-0.2, 0) is 4.79 Å². The van der Waals surface area contributed by atoms with Crippen molar-refractivity contribution in [2.75, 3.05) is 25.0 Å². The normalized spacial score (nSPS) is 25.8. The second-order valence-corrected chi connectivity index (χ2v) is 6.65. The van der Waals surface area contributed by atoms with E-state index in [4.69, 9.17) is 0 Å². The van der Waals surface area contributed by atoms with Gasteiger partial charge in [0.15, 0.2) is 0 Å². The molecule has 3 heteroatoms. The van der Waals surface area contributed by atoms with Gasteiger partial charge in [0.2, 0.25) is 5.91 Å². The summed E-state index contributed by atoms with van der Waals surface area (Å²) in [6.45, 7) is 8.27. The van der Waals surface area contributed by atoms with Gasteiger partial charge in [0, 0.05) is 30.1 Å². The Bertz CT molecular complexity index is 538. The Balaban J connectivity index is 2.06. The Morgan fingerprint density at radius 2 is 2.10 bits per heavy atom. The maximum Gasteiger partial charge on any atom is 0.229 e. The predicted molar refractivity (Wildman–Crippen MR) is 82.1 cm³/mol. The smallest absolute Gasteiger partial charge is 0.229 e. The fourth-order valence-electron chi connectivity index (χ4n) is 3.65. The monoisotopic (exact) mass is 272 g/mol. The van der Waals surface area contributed by atoms with Gasteiger partial charge < -0.3 is 9.80 Å². The lowest BCUT2D eigenvalue weighted by molar-refractivity contribution is -0.122. The van der Waals surface area contributed by atoms with Crippen LogP contribution in [0.3, 0.4) is 0 Å². The van der Waals surface area contributed by atoms with Gasteiger partial charge in [-0.15, -0.1) is 0 Å². The quantitative estimate of drug-likeness (QED) is 0.785. The van der Waals surface area contributed by atoms with Crippen molar-refractivity contribution in [3.05, 3.63) is 29.3 Å². The number of likely N-dealkylation sites (tertiary alicyclic amines) is 1. The number of fused-ring (bicyclic) bond motifs is 3. The average Bonchev–Trinajstić information content (AvgIpc) is 2.71. The van der Waals surface area contributed by atoms with Crippen LogP contribution >= 0.6 is 0 Å². The zero-order chi connectivity index (χ0) is 14.4. The molecule has 20 heavy (non-hydrogen) atoms. The highest BCUT2D eigenvalue weighted by Crippen LogP contribution is 2.45. The summed E-state index contributed by atoms with van der Waals surface area (Å²) in [5.41, 5.74) is 3.81. The SMILES string of the molecule is Cc1ccc2c(c1)[C@H]1CN(C)CC[C@@H]1N2C(=O)C(C)C. The highest BCUT2D eigenvalue weighted by molar-refractivity contribution is 5.98. The highest BCUT2D eigenvalue weighted by Gasteiger charge is 2.44. The second kappa shape index (κ2) is 4.88. The van der Waals surface area contributed by atoms with E-state index in [1.165, 1.54) is 11.1 Å². The van der Waals surface area contributed by atoms with Crippen LogP contribution in [0.4, 0.5) is 5.69 Å². The number of hydrogen-bond donors (Lipinski definition) is 0. The molecular weight excluding hydrogens is 248 g/mol. The van der Waals surface area contributed by atoms with Gasteiger partial charge in [0.1, 0.15) is 0 Å². The molecule has 1 saturated heterocycles. The number of aryl methyl sites for hydroxylation is 1. The molecule has 1 aromatic carbocycles. The minimum absolute atomic E-state index is 0.0579. The van der Waals surface area contributed by atoms with Crippen LogP contribution in [0.5, 0.6) is 0 Å². The molecule has 2 aliphatic rings. The molecule has 2 atom stereocenters. The largest absolute Gasteiger partial charge is 0.308 e. The van der Waals surface area contributed by atoms with Crippen molar-refractivity contribution in [2.24, 2.45) is 5.92 Å². The van der Waals surface area contributed by atoms with Crippen LogP contribution in [0.15, 0.2) is 18.2 Å². The van der Waals surface area contributed by atoms with E-state index in [0.29, 0.717) is 12.0 Å². The van der Waals surface area contributed by atoms with Gasteiger partial charge in [-0.1, -0.05) is 31.5 Å². The van der Waals surface area contributed by atoms with Crippen LogP contribution in [0.2, 0.25) is 0 Å². The molecule has 1 aromatic rings. The third-order valence-corrected chi connectivity index (χ3v) is 4.68. The van der Waals surface area contributed by atoms with E-state index in [1.54, 1.807) is 0 Å². The summed E-state index contributed by atoms with van der Waals surface area (Å²) in [7, 11) is 2.18. The van der Waals surface area contributed by atoms with Crippen LogP contribution in [-0.4, -0.2) is 37.0 Å². The Labute approximate surface area is 121 Å². The Morgan fingerprint density at radius 1 is 1.35 bits per heavy atom. The first-order valence-electron chi connectivity index (χ1n) is 7.61. The summed E-state index contributed by atoms with van der Waals surface area (Å²) >= 11 is 0. The van der Waals surface area contributed by atoms with E-state index in [1.807, 2.05) is 13.8 Å². The molecule has 2 heterocycles. The molecule has 0 radical (unpaired) electrons. The number of amides is 1. The molecule has 0 spiro atoms. The van der Waals surface area contributed by atoms with Crippen molar-refractivity contribution in [3.63, 3.8) is 0 Å². The van der Waals surface area contributed by atoms with Crippen LogP contribution in [0, 0.1) is 12.8 Å². The lowest BCUT2D eigenvalue weighted by Gasteiger charge is -2.37. The highest BCUT2D eigenvalue weighted by atomic mass is 16.2. The minimum Gasteiger partial charge on any atom is -0.308 e. The number of carbonyl (C=O) groups is 1. The fraction of sp³-hybridized carbons (Fsp3) is 0.588. The molecule has 0 aliphatic carbocycles. The van der Waals surface area contributed by atoms with Gasteiger partial charge in [0.05, 0.1) is 0 Å². The van der Waals surface area contributed by atoms with E-state index >= 15 is 0 Å². The summed E-state index contributed by atoms with van der Waals surface area (Å²) in [6, 6.07) is 6.90.